The highest BCUT2D eigenvalue weighted by atomic mass is 16.1. The molecule has 0 aromatic heterocycles. The summed E-state index contributed by atoms with van der Waals surface area (Å²) in [6, 6.07) is 15.6. The summed E-state index contributed by atoms with van der Waals surface area (Å²) in [5.41, 5.74) is 9.36. The fraction of sp³-hybridized carbons (Fsp3) is 0.409. The number of piperidine rings is 1. The van der Waals surface area contributed by atoms with Gasteiger partial charge in [-0.3, -0.25) is 9.69 Å². The van der Waals surface area contributed by atoms with Gasteiger partial charge in [0.05, 0.1) is 0 Å². The molecular weight excluding hydrogens is 322 g/mol. The smallest absolute Gasteiger partial charge is 0.251 e. The third kappa shape index (κ3) is 5.09. The van der Waals surface area contributed by atoms with E-state index >= 15 is 0 Å². The second kappa shape index (κ2) is 8.37. The molecule has 3 rings (SSSR count). The molecule has 0 spiro atoms. The standard InChI is InChI=1S/C22H29N3O/c1-16-10-17(2)14-25(13-16)15-19-8-6-18(7-9-19)12-24-22(26)20-4-3-5-21(23)11-20/h3-9,11,16-17H,10,12-15,23H2,1-2H3,(H,24,26). The van der Waals surface area contributed by atoms with Gasteiger partial charge in [-0.2, -0.15) is 0 Å². The fourth-order valence-corrected chi connectivity index (χ4v) is 3.91. The number of nitrogens with one attached hydrogen (secondary N) is 1. The first-order chi connectivity index (χ1) is 12.5. The summed E-state index contributed by atoms with van der Waals surface area (Å²) in [6.07, 6.45) is 1.34. The largest absolute Gasteiger partial charge is 0.399 e. The van der Waals surface area contributed by atoms with Crippen molar-refractivity contribution in [2.24, 2.45) is 11.8 Å². The van der Waals surface area contributed by atoms with E-state index in [1.54, 1.807) is 24.3 Å². The number of nitrogens with two attached hydrogens (primary N) is 1. The number of rotatable bonds is 5. The molecule has 1 fully saturated rings. The zero-order chi connectivity index (χ0) is 18.5. The van der Waals surface area contributed by atoms with Crippen molar-refractivity contribution in [1.29, 1.82) is 0 Å². The number of nitrogen functional groups attached to an aromatic ring is 1. The van der Waals surface area contributed by atoms with Crippen LogP contribution in [0.25, 0.3) is 0 Å². The molecule has 1 saturated heterocycles. The average molecular weight is 351 g/mol. The number of benzene rings is 2. The molecule has 2 aromatic rings. The van der Waals surface area contributed by atoms with Crippen molar-refractivity contribution in [3.8, 4) is 0 Å². The van der Waals surface area contributed by atoms with Gasteiger partial charge in [0.25, 0.3) is 5.91 Å². The van der Waals surface area contributed by atoms with Crippen LogP contribution in [0.1, 0.15) is 41.8 Å². The highest BCUT2D eigenvalue weighted by Crippen LogP contribution is 2.22. The molecule has 138 valence electrons. The zero-order valence-electron chi connectivity index (χ0n) is 15.7. The van der Waals surface area contributed by atoms with Gasteiger partial charge in [0.15, 0.2) is 0 Å². The summed E-state index contributed by atoms with van der Waals surface area (Å²) < 4.78 is 0. The molecule has 2 aromatic carbocycles. The van der Waals surface area contributed by atoms with E-state index in [4.69, 9.17) is 5.73 Å². The summed E-state index contributed by atoms with van der Waals surface area (Å²) in [7, 11) is 0. The minimum absolute atomic E-state index is 0.0994. The number of carbonyl (C=O) groups excluding carboxylic acids is 1. The predicted molar refractivity (Wildman–Crippen MR) is 107 cm³/mol. The summed E-state index contributed by atoms with van der Waals surface area (Å²) in [5.74, 6) is 1.46. The molecule has 4 heteroatoms. The van der Waals surface area contributed by atoms with Crippen LogP contribution in [-0.2, 0) is 13.1 Å². The lowest BCUT2D eigenvalue weighted by Crippen LogP contribution is -2.38. The number of amides is 1. The number of carbonyl (C=O) groups is 1. The molecule has 1 amide bonds. The first kappa shape index (κ1) is 18.5. The van der Waals surface area contributed by atoms with Gasteiger partial charge in [0, 0.05) is 37.4 Å². The van der Waals surface area contributed by atoms with Gasteiger partial charge >= 0.3 is 0 Å². The summed E-state index contributed by atoms with van der Waals surface area (Å²) >= 11 is 0. The Bertz CT molecular complexity index is 731. The normalized spacial score (nSPS) is 20.7. The SMILES string of the molecule is CC1CC(C)CN(Cc2ccc(CNC(=O)c3cccc(N)c3)cc2)C1. The van der Waals surface area contributed by atoms with Crippen molar-refractivity contribution in [1.82, 2.24) is 10.2 Å². The molecule has 0 radical (unpaired) electrons. The molecular formula is C22H29N3O. The Hall–Kier alpha value is -2.33. The highest BCUT2D eigenvalue weighted by Gasteiger charge is 2.21. The van der Waals surface area contributed by atoms with E-state index in [9.17, 15) is 4.79 Å². The third-order valence-electron chi connectivity index (χ3n) is 4.98. The lowest BCUT2D eigenvalue weighted by molar-refractivity contribution is 0.0951. The van der Waals surface area contributed by atoms with Gasteiger partial charge in [-0.1, -0.05) is 44.2 Å². The van der Waals surface area contributed by atoms with E-state index in [0.717, 1.165) is 23.9 Å². The van der Waals surface area contributed by atoms with E-state index < -0.39 is 0 Å². The maximum Gasteiger partial charge on any atom is 0.251 e. The monoisotopic (exact) mass is 351 g/mol. The summed E-state index contributed by atoms with van der Waals surface area (Å²) in [5, 5.41) is 2.95. The second-order valence-corrected chi connectivity index (χ2v) is 7.76. The summed E-state index contributed by atoms with van der Waals surface area (Å²) in [4.78, 5) is 14.7. The van der Waals surface area contributed by atoms with Crippen LogP contribution in [-0.4, -0.2) is 23.9 Å². The molecule has 1 heterocycles. The minimum Gasteiger partial charge on any atom is -0.399 e. The average Bonchev–Trinajstić information content (AvgIpc) is 2.60. The minimum atomic E-state index is -0.0994. The van der Waals surface area contributed by atoms with Crippen LogP contribution >= 0.6 is 0 Å². The maximum atomic E-state index is 12.2. The van der Waals surface area contributed by atoms with Gasteiger partial charge in [0.1, 0.15) is 0 Å². The van der Waals surface area contributed by atoms with E-state index in [2.05, 4.69) is 48.3 Å². The number of hydrogen-bond acceptors (Lipinski definition) is 3. The van der Waals surface area contributed by atoms with Crippen molar-refractivity contribution in [3.05, 3.63) is 65.2 Å². The number of nitrogens with zero attached hydrogens (tertiary/aromatic N) is 1. The van der Waals surface area contributed by atoms with Crippen LogP contribution in [0.3, 0.4) is 0 Å². The van der Waals surface area contributed by atoms with Gasteiger partial charge < -0.3 is 11.1 Å². The van der Waals surface area contributed by atoms with Crippen LogP contribution in [0.5, 0.6) is 0 Å². The number of likely N-dealkylation sites (tertiary alicyclic amines) is 1. The van der Waals surface area contributed by atoms with Crippen molar-refractivity contribution in [2.75, 3.05) is 18.8 Å². The van der Waals surface area contributed by atoms with Crippen molar-refractivity contribution < 1.29 is 4.79 Å². The first-order valence-electron chi connectivity index (χ1n) is 9.43. The Balaban J connectivity index is 1.52. The van der Waals surface area contributed by atoms with Crippen LogP contribution in [0.15, 0.2) is 48.5 Å². The number of hydrogen-bond donors (Lipinski definition) is 2. The van der Waals surface area contributed by atoms with E-state index in [0.29, 0.717) is 17.8 Å². The van der Waals surface area contributed by atoms with Crippen LogP contribution in [0.2, 0.25) is 0 Å². The van der Waals surface area contributed by atoms with E-state index in [-0.39, 0.29) is 5.91 Å². The molecule has 0 aliphatic carbocycles. The third-order valence-corrected chi connectivity index (χ3v) is 4.98. The first-order valence-corrected chi connectivity index (χ1v) is 9.43. The Morgan fingerprint density at radius 1 is 1.08 bits per heavy atom. The molecule has 1 aliphatic rings. The van der Waals surface area contributed by atoms with Gasteiger partial charge in [-0.05, 0) is 47.6 Å². The molecule has 1 aliphatic heterocycles. The van der Waals surface area contributed by atoms with Crippen molar-refractivity contribution >= 4 is 11.6 Å². The summed E-state index contributed by atoms with van der Waals surface area (Å²) in [6.45, 7) is 8.57. The highest BCUT2D eigenvalue weighted by molar-refractivity contribution is 5.94. The van der Waals surface area contributed by atoms with Crippen molar-refractivity contribution in [2.45, 2.75) is 33.4 Å². The molecule has 26 heavy (non-hydrogen) atoms. The molecule has 2 unspecified atom stereocenters. The Morgan fingerprint density at radius 3 is 2.38 bits per heavy atom. The van der Waals surface area contributed by atoms with Gasteiger partial charge in [-0.15, -0.1) is 0 Å². The van der Waals surface area contributed by atoms with Crippen LogP contribution in [0, 0.1) is 11.8 Å². The van der Waals surface area contributed by atoms with Gasteiger partial charge in [-0.25, -0.2) is 0 Å². The lowest BCUT2D eigenvalue weighted by Gasteiger charge is -2.35. The molecule has 0 bridgehead atoms. The van der Waals surface area contributed by atoms with Crippen LogP contribution in [0.4, 0.5) is 5.69 Å². The van der Waals surface area contributed by atoms with Gasteiger partial charge in [0.2, 0.25) is 0 Å². The second-order valence-electron chi connectivity index (χ2n) is 7.76. The number of anilines is 1. The van der Waals surface area contributed by atoms with E-state index in [1.165, 1.54) is 25.1 Å². The Kier molecular flexibility index (Phi) is 5.94. The molecule has 3 N–H and O–H groups in total. The fourth-order valence-electron chi connectivity index (χ4n) is 3.91. The molecule has 4 nitrogen and oxygen atoms in total. The predicted octanol–water partition coefficient (Wildman–Crippen LogP) is 3.68. The topological polar surface area (TPSA) is 58.4 Å². The zero-order valence-corrected chi connectivity index (χ0v) is 15.7. The van der Waals surface area contributed by atoms with E-state index in [1.807, 2.05) is 0 Å². The Morgan fingerprint density at radius 2 is 1.73 bits per heavy atom. The Labute approximate surface area is 156 Å². The maximum absolute atomic E-state index is 12.2. The molecule has 0 saturated carbocycles. The quantitative estimate of drug-likeness (QED) is 0.808. The lowest BCUT2D eigenvalue weighted by atomic mass is 9.91. The molecule has 2 atom stereocenters. The van der Waals surface area contributed by atoms with Crippen LogP contribution < -0.4 is 11.1 Å². The van der Waals surface area contributed by atoms with Crippen molar-refractivity contribution in [3.63, 3.8) is 0 Å².